The molecule has 0 saturated carbocycles. The molecule has 30 heavy (non-hydrogen) atoms. The molecule has 0 amide bonds. The fourth-order valence-corrected chi connectivity index (χ4v) is 2.04. The molecular weight excluding hydrogens is 499 g/mol. The van der Waals surface area contributed by atoms with Crippen LogP contribution >= 0.6 is 12.6 Å². The predicted octanol–water partition coefficient (Wildman–Crippen LogP) is 7.10. The lowest BCUT2D eigenvalue weighted by Gasteiger charge is -2.42. The Hall–Kier alpha value is -0.840. The Kier molecular flexibility index (Phi) is 7.71. The van der Waals surface area contributed by atoms with Gasteiger partial charge in [0.25, 0.3) is 0 Å². The molecule has 0 heterocycles. The summed E-state index contributed by atoms with van der Waals surface area (Å²) in [6.45, 7) is 0. The molecule has 0 aliphatic heterocycles. The first-order valence-corrected chi connectivity index (χ1v) is 7.76. The molecule has 0 fully saturated rings. The second-order valence-electron chi connectivity index (χ2n) is 5.83. The molecule has 0 aromatic rings. The van der Waals surface area contributed by atoms with Gasteiger partial charge in [0.1, 0.15) is 0 Å². The molecule has 0 aliphatic rings. The number of rotatable bonds is 10. The maximum atomic E-state index is 13.4. The van der Waals surface area contributed by atoms with Crippen molar-refractivity contribution in [2.24, 2.45) is 0 Å². The Balaban J connectivity index is 6.48. The van der Waals surface area contributed by atoms with E-state index >= 15 is 0 Å². The van der Waals surface area contributed by atoms with Crippen molar-refractivity contribution in [3.8, 4) is 0 Å². The van der Waals surface area contributed by atoms with Gasteiger partial charge in [-0.15, -0.1) is 0 Å². The van der Waals surface area contributed by atoms with Gasteiger partial charge in [0.05, 0.1) is 0 Å². The number of hydrogen-bond donors (Lipinski definition) is 1. The van der Waals surface area contributed by atoms with E-state index in [0.717, 1.165) is 0 Å². The maximum Gasteiger partial charge on any atom is 0.460 e. The van der Waals surface area contributed by atoms with E-state index in [1.54, 1.807) is 0 Å². The first-order chi connectivity index (χ1) is 12.8. The van der Waals surface area contributed by atoms with E-state index < -0.39 is 66.9 Å². The van der Waals surface area contributed by atoms with Crippen LogP contribution in [0.15, 0.2) is 0 Å². The molecule has 18 heteroatoms. The summed E-state index contributed by atoms with van der Waals surface area (Å²) in [4.78, 5) is 0. The van der Waals surface area contributed by atoms with Crippen molar-refractivity contribution in [3.05, 3.63) is 0 Å². The van der Waals surface area contributed by atoms with Crippen LogP contribution in [0.4, 0.5) is 74.6 Å². The van der Waals surface area contributed by atoms with Crippen molar-refractivity contribution in [2.75, 3.05) is 5.75 Å². The van der Waals surface area contributed by atoms with Crippen LogP contribution in [0.3, 0.4) is 0 Å². The Bertz CT molecular complexity index is 590. The van der Waals surface area contributed by atoms with Crippen LogP contribution < -0.4 is 0 Å². The van der Waals surface area contributed by atoms with Gasteiger partial charge < -0.3 is 0 Å². The fourth-order valence-electron chi connectivity index (χ4n) is 1.81. The molecule has 0 rings (SSSR count). The van der Waals surface area contributed by atoms with Crippen LogP contribution in [-0.4, -0.2) is 53.4 Å². The minimum atomic E-state index is -8.58. The van der Waals surface area contributed by atoms with Crippen molar-refractivity contribution in [1.82, 2.24) is 0 Å². The normalized spacial score (nSPS) is 16.2. The quantitative estimate of drug-likeness (QED) is 0.182. The lowest BCUT2D eigenvalue weighted by molar-refractivity contribution is -0.461. The van der Waals surface area contributed by atoms with Gasteiger partial charge in [-0.3, -0.25) is 0 Å². The van der Waals surface area contributed by atoms with Gasteiger partial charge in [-0.25, -0.2) is 0 Å². The fraction of sp³-hybridized carbons (Fsp3) is 1.00. The van der Waals surface area contributed by atoms with Crippen LogP contribution in [0.1, 0.15) is 19.3 Å². The summed E-state index contributed by atoms with van der Waals surface area (Å²) in [5, 5.41) is 0. The minimum Gasteiger partial charge on any atom is -0.200 e. The zero-order valence-corrected chi connectivity index (χ0v) is 14.6. The predicted molar refractivity (Wildman–Crippen MR) is 68.4 cm³/mol. The minimum absolute atomic E-state index is 0.328. The summed E-state index contributed by atoms with van der Waals surface area (Å²) < 4.78 is 220. The van der Waals surface area contributed by atoms with Crippen LogP contribution in [0, 0.1) is 0 Å². The number of hydrogen-bond acceptors (Lipinski definition) is 1. The van der Waals surface area contributed by atoms with Gasteiger partial charge in [0.15, 0.2) is 0 Å². The topological polar surface area (TPSA) is 0 Å². The van der Waals surface area contributed by atoms with Crippen molar-refractivity contribution < 1.29 is 74.6 Å². The van der Waals surface area contributed by atoms with Crippen molar-refractivity contribution in [1.29, 1.82) is 0 Å². The van der Waals surface area contributed by atoms with Gasteiger partial charge >= 0.3 is 47.6 Å². The van der Waals surface area contributed by atoms with Crippen LogP contribution in [0.2, 0.25) is 0 Å². The summed E-state index contributed by atoms with van der Waals surface area (Å²) in [5.74, 6) is -56.1. The molecule has 0 bridgehead atoms. The first kappa shape index (κ1) is 29.2. The molecule has 0 radical (unpaired) electrons. The van der Waals surface area contributed by atoms with Gasteiger partial charge in [0.2, 0.25) is 0 Å². The third-order valence-corrected chi connectivity index (χ3v) is 4.00. The average molecular weight is 508 g/mol. The monoisotopic (exact) mass is 508 g/mol. The van der Waals surface area contributed by atoms with Crippen LogP contribution in [0.25, 0.3) is 0 Å². The summed E-state index contributed by atoms with van der Waals surface area (Å²) in [6, 6.07) is 0. The average Bonchev–Trinajstić information content (AvgIpc) is 2.52. The van der Waals surface area contributed by atoms with Crippen molar-refractivity contribution >= 4 is 12.6 Å². The lowest BCUT2D eigenvalue weighted by atomic mass is 9.88. The molecule has 0 unspecified atom stereocenters. The lowest BCUT2D eigenvalue weighted by Crippen LogP contribution is -2.74. The van der Waals surface area contributed by atoms with Crippen LogP contribution in [0.5, 0.6) is 0 Å². The standard InChI is InChI=1S/C12H9F17S/c13-5(14,3-1-2-4-30)6(15,16)7(17,18)8(19,20)9(21,22)10(23,24)11(25,26)12(27,28)29/h30H,1-4H2. The highest BCUT2D eigenvalue weighted by molar-refractivity contribution is 7.80. The highest BCUT2D eigenvalue weighted by atomic mass is 32.1. The van der Waals surface area contributed by atoms with Gasteiger partial charge in [-0.05, 0) is 18.6 Å². The van der Waals surface area contributed by atoms with Gasteiger partial charge in [0, 0.05) is 6.42 Å². The number of thiol groups is 1. The Morgan fingerprint density at radius 3 is 1.00 bits per heavy atom. The number of halogens is 17. The summed E-state index contributed by atoms with van der Waals surface area (Å²) in [5.41, 5.74) is 0. The molecule has 0 nitrogen and oxygen atoms in total. The van der Waals surface area contributed by atoms with E-state index in [4.69, 9.17) is 0 Å². The molecule has 0 atom stereocenters. The van der Waals surface area contributed by atoms with E-state index in [9.17, 15) is 74.6 Å². The van der Waals surface area contributed by atoms with E-state index in [-0.39, 0.29) is 5.75 Å². The van der Waals surface area contributed by atoms with E-state index in [2.05, 4.69) is 12.6 Å². The molecule has 0 aromatic heterocycles. The van der Waals surface area contributed by atoms with Crippen LogP contribution in [-0.2, 0) is 0 Å². The van der Waals surface area contributed by atoms with Crippen molar-refractivity contribution in [3.63, 3.8) is 0 Å². The summed E-state index contributed by atoms with van der Waals surface area (Å²) >= 11 is 3.40. The highest BCUT2D eigenvalue weighted by Crippen LogP contribution is 2.64. The third-order valence-electron chi connectivity index (χ3n) is 3.69. The Labute approximate surface area is 161 Å². The smallest absolute Gasteiger partial charge is 0.200 e. The molecule has 0 spiro atoms. The first-order valence-electron chi connectivity index (χ1n) is 7.13. The van der Waals surface area contributed by atoms with E-state index in [1.165, 1.54) is 0 Å². The van der Waals surface area contributed by atoms with E-state index in [0.29, 0.717) is 0 Å². The largest absolute Gasteiger partial charge is 0.460 e. The SMILES string of the molecule is FC(F)(F)C(F)(F)C(F)(F)C(F)(F)C(F)(F)C(F)(F)C(F)(F)C(F)(F)CCCCS. The highest BCUT2D eigenvalue weighted by Gasteiger charge is 2.95. The second kappa shape index (κ2) is 7.94. The van der Waals surface area contributed by atoms with Gasteiger partial charge in [-0.1, -0.05) is 0 Å². The van der Waals surface area contributed by atoms with Crippen molar-refractivity contribution in [2.45, 2.75) is 66.9 Å². The third kappa shape index (κ3) is 4.00. The van der Waals surface area contributed by atoms with E-state index in [1.807, 2.05) is 0 Å². The molecule has 0 saturated heterocycles. The number of alkyl halides is 17. The molecule has 0 N–H and O–H groups in total. The van der Waals surface area contributed by atoms with Gasteiger partial charge in [-0.2, -0.15) is 87.3 Å². The molecule has 0 aromatic carbocycles. The summed E-state index contributed by atoms with van der Waals surface area (Å²) in [6.07, 6.45) is -11.8. The zero-order chi connectivity index (χ0) is 24.8. The summed E-state index contributed by atoms with van der Waals surface area (Å²) in [7, 11) is 0. The molecule has 0 aliphatic carbocycles. The number of unbranched alkanes of at least 4 members (excludes halogenated alkanes) is 1. The zero-order valence-electron chi connectivity index (χ0n) is 13.7. The molecule has 182 valence electrons. The Morgan fingerprint density at radius 2 is 0.700 bits per heavy atom. The maximum absolute atomic E-state index is 13.4. The Morgan fingerprint density at radius 1 is 0.400 bits per heavy atom. The molecular formula is C12H9F17S. The second-order valence-corrected chi connectivity index (χ2v) is 6.28.